The minimum Gasteiger partial charge on any atom is -0.103 e. The minimum absolute atomic E-state index is 0.613. The third-order valence-corrected chi connectivity index (χ3v) is 1.44. The van der Waals surface area contributed by atoms with Crippen LogP contribution in [0.2, 0.25) is 0 Å². The van der Waals surface area contributed by atoms with Crippen LogP contribution in [-0.4, -0.2) is 0 Å². The maximum Gasteiger partial charge on any atom is -0.0262 e. The van der Waals surface area contributed by atoms with Gasteiger partial charge in [0.25, 0.3) is 0 Å². The summed E-state index contributed by atoms with van der Waals surface area (Å²) in [5.74, 6) is 0.613. The molecule has 0 aromatic heterocycles. The number of hydrogen-bond donors (Lipinski definition) is 0. The summed E-state index contributed by atoms with van der Waals surface area (Å²) in [6.45, 7) is 11.0. The lowest BCUT2D eigenvalue weighted by Crippen LogP contribution is -1.85. The largest absolute Gasteiger partial charge is 0.103 e. The zero-order chi connectivity index (χ0) is 7.82. The number of hydrogen-bond acceptors (Lipinski definition) is 0. The molecule has 1 unspecified atom stereocenters. The van der Waals surface area contributed by atoms with Gasteiger partial charge in [-0.1, -0.05) is 37.8 Å². The van der Waals surface area contributed by atoms with Gasteiger partial charge in [-0.25, -0.2) is 0 Å². The van der Waals surface area contributed by atoms with Gasteiger partial charge in [0, 0.05) is 0 Å². The van der Waals surface area contributed by atoms with E-state index in [1.54, 1.807) is 6.08 Å². The van der Waals surface area contributed by atoms with Crippen molar-refractivity contribution in [3.05, 3.63) is 37.5 Å². The van der Waals surface area contributed by atoms with Crippen LogP contribution in [0.1, 0.15) is 19.8 Å². The molecule has 1 radical (unpaired) electrons. The van der Waals surface area contributed by atoms with Gasteiger partial charge in [0.05, 0.1) is 0 Å². The number of allylic oxidation sites excluding steroid dienone is 4. The summed E-state index contributed by atoms with van der Waals surface area (Å²) in [5, 5.41) is 0. The van der Waals surface area contributed by atoms with E-state index in [9.17, 15) is 0 Å². The molecule has 0 aliphatic carbocycles. The van der Waals surface area contributed by atoms with Gasteiger partial charge in [0.15, 0.2) is 0 Å². The molecule has 10 heavy (non-hydrogen) atoms. The van der Waals surface area contributed by atoms with E-state index in [1.165, 1.54) is 0 Å². The van der Waals surface area contributed by atoms with Gasteiger partial charge in [-0.15, -0.1) is 6.58 Å². The quantitative estimate of drug-likeness (QED) is 0.401. The Morgan fingerprint density at radius 3 is 2.80 bits per heavy atom. The standard InChI is InChI=1S/C10H15/c1-4-6-7-8-9-10(3)5-2/h1,4-7,10H,2,8-9H2,3H3. The molecule has 0 nitrogen and oxygen atoms in total. The van der Waals surface area contributed by atoms with Crippen molar-refractivity contribution in [2.75, 3.05) is 0 Å². The van der Waals surface area contributed by atoms with Crippen molar-refractivity contribution in [3.8, 4) is 0 Å². The molecule has 0 heterocycles. The van der Waals surface area contributed by atoms with Gasteiger partial charge in [-0.05, 0) is 18.8 Å². The molecule has 1 atom stereocenters. The average Bonchev–Trinajstić information content (AvgIpc) is 1.98. The molecular formula is C10H15. The third kappa shape index (κ3) is 5.36. The Kier molecular flexibility index (Phi) is 5.85. The van der Waals surface area contributed by atoms with E-state index < -0.39 is 0 Å². The molecule has 0 aliphatic rings. The van der Waals surface area contributed by atoms with Gasteiger partial charge in [0.2, 0.25) is 0 Å². The van der Waals surface area contributed by atoms with Crippen molar-refractivity contribution in [1.29, 1.82) is 0 Å². The fourth-order valence-electron chi connectivity index (χ4n) is 0.652. The van der Waals surface area contributed by atoms with E-state index in [4.69, 9.17) is 6.58 Å². The Balaban J connectivity index is 3.26. The molecule has 0 aromatic carbocycles. The zero-order valence-electron chi connectivity index (χ0n) is 6.59. The highest BCUT2D eigenvalue weighted by atomic mass is 14.0. The molecular weight excluding hydrogens is 120 g/mol. The minimum atomic E-state index is 0.613. The van der Waals surface area contributed by atoms with Crippen LogP contribution in [0, 0.1) is 12.5 Å². The van der Waals surface area contributed by atoms with Gasteiger partial charge >= 0.3 is 0 Å². The topological polar surface area (TPSA) is 0 Å². The Hall–Kier alpha value is -0.780. The molecule has 0 aliphatic heterocycles. The summed E-state index contributed by atoms with van der Waals surface area (Å²) in [6.07, 6.45) is 9.71. The molecule has 0 spiro atoms. The van der Waals surface area contributed by atoms with Crippen LogP contribution in [0.3, 0.4) is 0 Å². The fourth-order valence-corrected chi connectivity index (χ4v) is 0.652. The van der Waals surface area contributed by atoms with E-state index in [-0.39, 0.29) is 0 Å². The van der Waals surface area contributed by atoms with E-state index >= 15 is 0 Å². The third-order valence-electron chi connectivity index (χ3n) is 1.44. The van der Waals surface area contributed by atoms with E-state index in [0.29, 0.717) is 5.92 Å². The first kappa shape index (κ1) is 9.22. The van der Waals surface area contributed by atoms with Gasteiger partial charge < -0.3 is 0 Å². The molecule has 0 saturated heterocycles. The van der Waals surface area contributed by atoms with Crippen molar-refractivity contribution in [2.24, 2.45) is 5.92 Å². The van der Waals surface area contributed by atoms with Crippen molar-refractivity contribution < 1.29 is 0 Å². The molecule has 0 rings (SSSR count). The normalized spacial score (nSPS) is 13.3. The van der Waals surface area contributed by atoms with E-state index in [0.717, 1.165) is 12.8 Å². The molecule has 0 bridgehead atoms. The lowest BCUT2D eigenvalue weighted by atomic mass is 10.1. The van der Waals surface area contributed by atoms with Crippen molar-refractivity contribution in [3.63, 3.8) is 0 Å². The highest BCUT2D eigenvalue weighted by Gasteiger charge is 1.91. The van der Waals surface area contributed by atoms with Crippen LogP contribution in [0.5, 0.6) is 0 Å². The Labute approximate surface area is 64.0 Å². The molecule has 0 amide bonds. The Bertz CT molecular complexity index is 120. The molecule has 0 saturated carbocycles. The molecule has 0 fully saturated rings. The van der Waals surface area contributed by atoms with Crippen molar-refractivity contribution in [1.82, 2.24) is 0 Å². The second-order valence-electron chi connectivity index (χ2n) is 2.41. The summed E-state index contributed by atoms with van der Waals surface area (Å²) in [7, 11) is 0. The average molecular weight is 135 g/mol. The Morgan fingerprint density at radius 2 is 2.30 bits per heavy atom. The van der Waals surface area contributed by atoms with Crippen LogP contribution >= 0.6 is 0 Å². The van der Waals surface area contributed by atoms with Crippen molar-refractivity contribution in [2.45, 2.75) is 19.8 Å². The first-order valence-corrected chi connectivity index (χ1v) is 3.64. The van der Waals surface area contributed by atoms with Crippen LogP contribution in [0.15, 0.2) is 30.9 Å². The van der Waals surface area contributed by atoms with E-state index in [2.05, 4.69) is 19.6 Å². The molecule has 0 aromatic rings. The van der Waals surface area contributed by atoms with Crippen LogP contribution in [0.25, 0.3) is 0 Å². The highest BCUT2D eigenvalue weighted by Crippen LogP contribution is 2.05. The molecule has 0 heteroatoms. The maximum absolute atomic E-state index is 5.15. The second kappa shape index (κ2) is 6.34. The van der Waals surface area contributed by atoms with Crippen LogP contribution < -0.4 is 0 Å². The van der Waals surface area contributed by atoms with Gasteiger partial charge in [-0.2, -0.15) is 0 Å². The SMILES string of the molecule is [CH]=CC=CCCC(C)C=C. The first-order chi connectivity index (χ1) is 4.81. The summed E-state index contributed by atoms with van der Waals surface area (Å²) >= 11 is 0. The predicted molar refractivity (Wildman–Crippen MR) is 46.6 cm³/mol. The highest BCUT2D eigenvalue weighted by molar-refractivity contribution is 4.95. The molecule has 55 valence electrons. The number of rotatable bonds is 5. The lowest BCUT2D eigenvalue weighted by Gasteiger charge is -1.99. The van der Waals surface area contributed by atoms with Gasteiger partial charge in [-0.3, -0.25) is 0 Å². The summed E-state index contributed by atoms with van der Waals surface area (Å²) in [5.41, 5.74) is 0. The smallest absolute Gasteiger partial charge is 0.0262 e. The summed E-state index contributed by atoms with van der Waals surface area (Å²) in [4.78, 5) is 0. The summed E-state index contributed by atoms with van der Waals surface area (Å²) in [6, 6.07) is 0. The first-order valence-electron chi connectivity index (χ1n) is 3.64. The van der Waals surface area contributed by atoms with Crippen LogP contribution in [-0.2, 0) is 0 Å². The molecule has 0 N–H and O–H groups in total. The monoisotopic (exact) mass is 135 g/mol. The zero-order valence-corrected chi connectivity index (χ0v) is 6.59. The van der Waals surface area contributed by atoms with Crippen molar-refractivity contribution >= 4 is 0 Å². The second-order valence-corrected chi connectivity index (χ2v) is 2.41. The lowest BCUT2D eigenvalue weighted by molar-refractivity contribution is 0.659. The predicted octanol–water partition coefficient (Wildman–Crippen LogP) is 3.13. The maximum atomic E-state index is 5.15. The fraction of sp³-hybridized carbons (Fsp3) is 0.400. The van der Waals surface area contributed by atoms with Gasteiger partial charge in [0.1, 0.15) is 0 Å². The summed E-state index contributed by atoms with van der Waals surface area (Å²) < 4.78 is 0. The van der Waals surface area contributed by atoms with E-state index in [1.807, 2.05) is 12.2 Å². The van der Waals surface area contributed by atoms with Crippen LogP contribution in [0.4, 0.5) is 0 Å². The Morgan fingerprint density at radius 1 is 1.60 bits per heavy atom.